The number of aliphatic carboxylic acids is 1. The summed E-state index contributed by atoms with van der Waals surface area (Å²) in [5.41, 5.74) is 0.607. The molecular weight excluding hydrogens is 290 g/mol. The maximum Gasteiger partial charge on any atom is 0.327 e. The Bertz CT molecular complexity index is 539. The molecule has 1 aromatic heterocycles. The Morgan fingerprint density at radius 1 is 1.33 bits per heavy atom. The summed E-state index contributed by atoms with van der Waals surface area (Å²) in [7, 11) is 0. The predicted octanol–water partition coefficient (Wildman–Crippen LogP) is 1.01. The molecule has 0 saturated carbocycles. The summed E-state index contributed by atoms with van der Waals surface area (Å²) in [5.74, 6) is -0.174. The number of carbonyl (C=O) groups is 2. The van der Waals surface area contributed by atoms with Crippen LogP contribution in [-0.2, 0) is 4.79 Å². The third kappa shape index (κ3) is 2.80. The van der Waals surface area contributed by atoms with E-state index in [2.05, 4.69) is 5.32 Å². The number of amides is 1. The molecule has 21 heavy (non-hydrogen) atoms. The lowest BCUT2D eigenvalue weighted by Crippen LogP contribution is -2.42. The largest absolute Gasteiger partial charge is 0.480 e. The highest BCUT2D eigenvalue weighted by Crippen LogP contribution is 2.26. The zero-order valence-corrected chi connectivity index (χ0v) is 12.5. The van der Waals surface area contributed by atoms with Gasteiger partial charge in [0.1, 0.15) is 11.7 Å². The van der Waals surface area contributed by atoms with Gasteiger partial charge in [-0.2, -0.15) is 0 Å². The van der Waals surface area contributed by atoms with E-state index in [1.807, 2.05) is 16.8 Å². The number of nitrogens with one attached hydrogen (secondary N) is 1. The van der Waals surface area contributed by atoms with Gasteiger partial charge < -0.3 is 19.9 Å². The minimum Gasteiger partial charge on any atom is -0.480 e. The Morgan fingerprint density at radius 3 is 2.81 bits per heavy atom. The Kier molecular flexibility index (Phi) is 4.21. The number of carboxylic acids is 1. The minimum atomic E-state index is -0.923. The van der Waals surface area contributed by atoms with Crippen LogP contribution in [0.2, 0.25) is 0 Å². The van der Waals surface area contributed by atoms with Crippen LogP contribution in [0.3, 0.4) is 0 Å². The van der Waals surface area contributed by atoms with Gasteiger partial charge in [-0.15, -0.1) is 11.8 Å². The zero-order valence-electron chi connectivity index (χ0n) is 11.7. The average molecular weight is 309 g/mol. The Hall–Kier alpha value is -1.47. The number of rotatable bonds is 3. The second-order valence-corrected chi connectivity index (χ2v) is 6.41. The normalized spacial score (nSPS) is 23.4. The van der Waals surface area contributed by atoms with Gasteiger partial charge in [-0.25, -0.2) is 4.79 Å². The summed E-state index contributed by atoms with van der Waals surface area (Å²) in [6.07, 6.45) is 3.92. The maximum absolute atomic E-state index is 12.7. The Balaban J connectivity index is 1.82. The van der Waals surface area contributed by atoms with Crippen molar-refractivity contribution in [3.8, 4) is 0 Å². The molecule has 0 aromatic carbocycles. The lowest BCUT2D eigenvalue weighted by molar-refractivity contribution is -0.140. The fourth-order valence-electron chi connectivity index (χ4n) is 2.97. The van der Waals surface area contributed by atoms with Crippen molar-refractivity contribution >= 4 is 23.6 Å². The van der Waals surface area contributed by atoms with Crippen molar-refractivity contribution in [1.29, 1.82) is 0 Å². The van der Waals surface area contributed by atoms with Crippen molar-refractivity contribution in [2.24, 2.45) is 0 Å². The molecule has 0 spiro atoms. The molecule has 2 saturated heterocycles. The van der Waals surface area contributed by atoms with Crippen LogP contribution in [0.5, 0.6) is 0 Å². The van der Waals surface area contributed by atoms with Gasteiger partial charge in [-0.1, -0.05) is 0 Å². The van der Waals surface area contributed by atoms with Gasteiger partial charge in [-0.3, -0.25) is 4.79 Å². The smallest absolute Gasteiger partial charge is 0.327 e. The van der Waals surface area contributed by atoms with Gasteiger partial charge in [0, 0.05) is 18.0 Å². The van der Waals surface area contributed by atoms with Gasteiger partial charge in [0.15, 0.2) is 0 Å². The molecule has 6 nitrogen and oxygen atoms in total. The van der Waals surface area contributed by atoms with Gasteiger partial charge in [0.2, 0.25) is 0 Å². The molecule has 0 bridgehead atoms. The first-order valence-electron chi connectivity index (χ1n) is 7.17. The second-order valence-electron chi connectivity index (χ2n) is 5.41. The number of piperidine rings is 1. The molecule has 0 aliphatic carbocycles. The molecule has 1 aromatic rings. The number of aromatic nitrogens is 1. The van der Waals surface area contributed by atoms with Crippen molar-refractivity contribution in [2.75, 3.05) is 24.7 Å². The van der Waals surface area contributed by atoms with Gasteiger partial charge in [0.05, 0.1) is 5.88 Å². The van der Waals surface area contributed by atoms with Crippen LogP contribution in [0.4, 0.5) is 0 Å². The fourth-order valence-corrected chi connectivity index (χ4v) is 4.12. The van der Waals surface area contributed by atoms with E-state index in [1.54, 1.807) is 6.07 Å². The number of carboxylic acid groups (broad SMARTS) is 1. The van der Waals surface area contributed by atoms with Crippen LogP contribution >= 0.6 is 11.8 Å². The Morgan fingerprint density at radius 2 is 2.10 bits per heavy atom. The number of hydrogen-bond acceptors (Lipinski definition) is 4. The summed E-state index contributed by atoms with van der Waals surface area (Å²) >= 11 is 1.49. The molecule has 2 aliphatic rings. The van der Waals surface area contributed by atoms with E-state index in [9.17, 15) is 14.7 Å². The third-order valence-electron chi connectivity index (χ3n) is 4.13. The number of hydrogen-bond donors (Lipinski definition) is 2. The second kappa shape index (κ2) is 6.11. The molecule has 3 heterocycles. The molecule has 114 valence electrons. The van der Waals surface area contributed by atoms with Crippen LogP contribution in [0, 0.1) is 0 Å². The lowest BCUT2D eigenvalue weighted by Gasteiger charge is -2.27. The molecule has 3 rings (SSSR count). The molecule has 1 amide bonds. The molecule has 0 radical (unpaired) electrons. The molecule has 2 N–H and O–H groups in total. The molecule has 7 heteroatoms. The molecule has 2 aliphatic heterocycles. The van der Waals surface area contributed by atoms with Crippen molar-refractivity contribution in [3.05, 3.63) is 24.0 Å². The van der Waals surface area contributed by atoms with Crippen LogP contribution < -0.4 is 5.32 Å². The highest BCUT2D eigenvalue weighted by Gasteiger charge is 2.36. The van der Waals surface area contributed by atoms with Crippen molar-refractivity contribution in [1.82, 2.24) is 14.8 Å². The van der Waals surface area contributed by atoms with E-state index >= 15 is 0 Å². The summed E-state index contributed by atoms with van der Waals surface area (Å²) in [6, 6.07) is 3.28. The van der Waals surface area contributed by atoms with E-state index in [4.69, 9.17) is 0 Å². The summed E-state index contributed by atoms with van der Waals surface area (Å²) in [5, 5.41) is 12.5. The van der Waals surface area contributed by atoms with E-state index in [-0.39, 0.29) is 5.91 Å². The highest BCUT2D eigenvalue weighted by atomic mass is 32.2. The number of nitrogens with zero attached hydrogens (tertiary/aromatic N) is 2. The zero-order chi connectivity index (χ0) is 14.8. The first kappa shape index (κ1) is 14.5. The van der Waals surface area contributed by atoms with E-state index < -0.39 is 12.0 Å². The maximum atomic E-state index is 12.7. The average Bonchev–Trinajstić information content (AvgIpc) is 3.16. The van der Waals surface area contributed by atoms with Crippen LogP contribution in [0.1, 0.15) is 29.4 Å². The SMILES string of the molecule is O=C(O)C1CSCN1C(=O)c1cccn1C1CCNCC1. The first-order valence-corrected chi connectivity index (χ1v) is 8.33. The number of thioether (sulfide) groups is 1. The third-order valence-corrected chi connectivity index (χ3v) is 5.14. The van der Waals surface area contributed by atoms with Crippen molar-refractivity contribution in [2.45, 2.75) is 24.9 Å². The highest BCUT2D eigenvalue weighted by molar-refractivity contribution is 7.99. The number of carbonyl (C=O) groups excluding carboxylic acids is 1. The molecule has 1 atom stereocenters. The quantitative estimate of drug-likeness (QED) is 0.872. The topological polar surface area (TPSA) is 74.6 Å². The van der Waals surface area contributed by atoms with E-state index in [1.165, 1.54) is 16.7 Å². The fraction of sp³-hybridized carbons (Fsp3) is 0.571. The first-order chi connectivity index (χ1) is 10.2. The molecule has 2 fully saturated rings. The van der Waals surface area contributed by atoms with Gasteiger partial charge >= 0.3 is 5.97 Å². The van der Waals surface area contributed by atoms with Gasteiger partial charge in [0.25, 0.3) is 5.91 Å². The van der Waals surface area contributed by atoms with Crippen LogP contribution in [0.25, 0.3) is 0 Å². The van der Waals surface area contributed by atoms with E-state index in [0.717, 1.165) is 25.9 Å². The molecule has 1 unspecified atom stereocenters. The van der Waals surface area contributed by atoms with Gasteiger partial charge in [-0.05, 0) is 38.1 Å². The van der Waals surface area contributed by atoms with Crippen molar-refractivity contribution < 1.29 is 14.7 Å². The Labute approximate surface area is 127 Å². The summed E-state index contributed by atoms with van der Waals surface area (Å²) < 4.78 is 2.02. The standard InChI is InChI=1S/C14H19N3O3S/c18-13(17-9-21-8-12(17)14(19)20)11-2-1-7-16(11)10-3-5-15-6-4-10/h1-2,7,10,12,15H,3-6,8-9H2,(H,19,20). The molecular formula is C14H19N3O3S. The monoisotopic (exact) mass is 309 g/mol. The summed E-state index contributed by atoms with van der Waals surface area (Å²) in [6.45, 7) is 1.90. The lowest BCUT2D eigenvalue weighted by atomic mass is 10.1. The van der Waals surface area contributed by atoms with E-state index in [0.29, 0.717) is 23.4 Å². The van der Waals surface area contributed by atoms with Crippen LogP contribution in [-0.4, -0.2) is 57.2 Å². The summed E-state index contributed by atoms with van der Waals surface area (Å²) in [4.78, 5) is 25.4. The minimum absolute atomic E-state index is 0.170. The van der Waals surface area contributed by atoms with Crippen molar-refractivity contribution in [3.63, 3.8) is 0 Å². The predicted molar refractivity (Wildman–Crippen MR) is 80.5 cm³/mol. The van der Waals surface area contributed by atoms with Crippen LogP contribution in [0.15, 0.2) is 18.3 Å².